The van der Waals surface area contributed by atoms with Crippen LogP contribution in [0.1, 0.15) is 91.4 Å². The van der Waals surface area contributed by atoms with Gasteiger partial charge in [-0.25, -0.2) is 9.59 Å². The molecular formula is C84H90F12N2O24Si4. The van der Waals surface area contributed by atoms with Crippen LogP contribution in [0.5, 0.6) is 46.0 Å². The molecule has 2 heterocycles. The van der Waals surface area contributed by atoms with Crippen LogP contribution in [0.25, 0.3) is 43.1 Å². The number of carbonyl (C=O) groups excluding carboxylic acids is 6. The Morgan fingerprint density at radius 3 is 0.635 bits per heavy atom. The average Bonchev–Trinajstić information content (AvgIpc) is 0.668. The fourth-order valence-electron chi connectivity index (χ4n) is 15.6. The van der Waals surface area contributed by atoms with Crippen molar-refractivity contribution in [1.29, 1.82) is 0 Å². The molecule has 11 rings (SSSR count). The van der Waals surface area contributed by atoms with Gasteiger partial charge in [0, 0.05) is 153 Å². The molecule has 2 unspecified atom stereocenters. The highest BCUT2D eigenvalue weighted by Crippen LogP contribution is 2.59. The molecule has 0 bridgehead atoms. The maximum atomic E-state index is 16.3. The highest BCUT2D eigenvalue weighted by molar-refractivity contribution is 6.62. The lowest BCUT2D eigenvalue weighted by atomic mass is 9.80. The van der Waals surface area contributed by atoms with Crippen LogP contribution in [0.2, 0.25) is 24.2 Å². The van der Waals surface area contributed by atoms with Crippen LogP contribution in [0.4, 0.5) is 52.7 Å². The van der Waals surface area contributed by atoms with Crippen LogP contribution in [0.15, 0.2) is 121 Å². The number of carbonyl (C=O) groups is 6. The molecule has 2 aliphatic heterocycles. The number of benzene rings is 9. The van der Waals surface area contributed by atoms with Crippen molar-refractivity contribution in [3.8, 4) is 46.0 Å². The predicted molar refractivity (Wildman–Crippen MR) is 437 cm³/mol. The number of nitrogens with zero attached hydrogens (tertiary/aromatic N) is 2. The molecule has 0 radical (unpaired) electrons. The van der Waals surface area contributed by atoms with Gasteiger partial charge in [-0.3, -0.25) is 29.0 Å². The van der Waals surface area contributed by atoms with Crippen LogP contribution in [-0.2, 0) is 97.9 Å². The van der Waals surface area contributed by atoms with Crippen molar-refractivity contribution in [2.75, 3.05) is 85.3 Å². The van der Waals surface area contributed by atoms with Crippen LogP contribution >= 0.6 is 0 Å². The number of alkyl halides is 12. The largest absolute Gasteiger partial charge is 0.500 e. The summed E-state index contributed by atoms with van der Waals surface area (Å²) in [4.78, 5) is 94.6. The Hall–Kier alpha value is -9.75. The van der Waals surface area contributed by atoms with Crippen molar-refractivity contribution in [2.24, 2.45) is 11.8 Å². The van der Waals surface area contributed by atoms with Gasteiger partial charge in [-0.1, -0.05) is 76.2 Å². The number of hydrogen-bond donors (Lipinski definition) is 0. The minimum absolute atomic E-state index is 0.0803. The second-order valence-corrected chi connectivity index (χ2v) is 42.4. The van der Waals surface area contributed by atoms with E-state index in [1.54, 1.807) is 48.5 Å². The molecule has 0 saturated carbocycles. The minimum atomic E-state index is -6.31. The zero-order chi connectivity index (χ0) is 92.5. The zero-order valence-corrected chi connectivity index (χ0v) is 74.9. The maximum absolute atomic E-state index is 16.3. The summed E-state index contributed by atoms with van der Waals surface area (Å²) in [7, 11) is 3.95. The minimum Gasteiger partial charge on any atom is -0.457 e. The van der Waals surface area contributed by atoms with E-state index >= 15 is 19.2 Å². The number of amides is 4. The third-order valence-electron chi connectivity index (χ3n) is 22.1. The average molecular weight is 1850 g/mol. The molecule has 9 aromatic carbocycles. The summed E-state index contributed by atoms with van der Waals surface area (Å²) in [5.41, 5.74) is -0.0473. The SMILES string of the molecule is CO[Si](CCc1ccc(Oc2cc3c4c(cc(Oc5ccc(CC[Si](OC)(OC)OC)cc5)c5c6c(Oc7ccc(CC[Si](OC)(OC)OC)cc7)cc7c8c(cc(Oc9ccc(CC[Si](OC)(OC)OC)cc9)c(c2c45)c86)C(=O)N(C(C(=O)OC(C(F)(F)F)C(F)(F)F)C(C)C)C7=O)C(=O)N(C(C(=O)OC(C(F)(F)F)C(F)(F)F)C(C)C)C3=O)cc1)(OC)OC. The van der Waals surface area contributed by atoms with E-state index in [4.69, 9.17) is 72.1 Å². The number of imide groups is 2. The Morgan fingerprint density at radius 1 is 0.294 bits per heavy atom. The molecule has 0 saturated heterocycles. The summed E-state index contributed by atoms with van der Waals surface area (Å²) in [5.74, 6) is -16.1. The van der Waals surface area contributed by atoms with Crippen molar-refractivity contribution >= 4 is 114 Å². The lowest BCUT2D eigenvalue weighted by Crippen LogP contribution is -2.56. The van der Waals surface area contributed by atoms with E-state index < -0.39 is 188 Å². The molecule has 0 aromatic heterocycles. The third-order valence-corrected chi connectivity index (χ3v) is 33.1. The van der Waals surface area contributed by atoms with Crippen LogP contribution in [0.3, 0.4) is 0 Å². The van der Waals surface area contributed by atoms with E-state index in [-0.39, 0.29) is 115 Å². The summed E-state index contributed by atoms with van der Waals surface area (Å²) in [6, 6.07) is 24.7. The topological polar surface area (TPSA) is 275 Å². The number of rotatable bonds is 40. The number of ether oxygens (including phenoxy) is 6. The summed E-state index contributed by atoms with van der Waals surface area (Å²) >= 11 is 0. The Kier molecular flexibility index (Phi) is 29.4. The van der Waals surface area contributed by atoms with Crippen molar-refractivity contribution in [3.63, 3.8) is 0 Å². The van der Waals surface area contributed by atoms with Crippen molar-refractivity contribution in [3.05, 3.63) is 166 Å². The van der Waals surface area contributed by atoms with Gasteiger partial charge < -0.3 is 81.5 Å². The van der Waals surface area contributed by atoms with Gasteiger partial charge in [-0.05, 0) is 133 Å². The van der Waals surface area contributed by atoms with E-state index in [2.05, 4.69) is 9.47 Å². The lowest BCUT2D eigenvalue weighted by molar-refractivity contribution is -0.314. The third kappa shape index (κ3) is 19.5. The predicted octanol–water partition coefficient (Wildman–Crippen LogP) is 17.9. The molecule has 680 valence electrons. The molecule has 42 heteroatoms. The van der Waals surface area contributed by atoms with Gasteiger partial charge in [0.05, 0.1) is 22.3 Å². The molecule has 126 heavy (non-hydrogen) atoms. The lowest BCUT2D eigenvalue weighted by Gasteiger charge is -2.37. The Bertz CT molecular complexity index is 4820. The number of fused-ring (bicyclic) bond motifs is 2. The van der Waals surface area contributed by atoms with Gasteiger partial charge in [-0.15, -0.1) is 0 Å². The van der Waals surface area contributed by atoms with E-state index in [0.29, 0.717) is 22.3 Å². The molecule has 4 amide bonds. The van der Waals surface area contributed by atoms with Crippen molar-refractivity contribution < 1.29 is 163 Å². The standard InChI is InChI=1S/C84H90F12N2O24Si4/c1-45(2)71(77(103)121-79(81(85,86)87)82(88,89)90)97-73(99)55-41-59(117-51-25-17-47(18-26-51)33-37-123(105-5,106-6)107-7)65-67-61(119-53-29-21-49(22-30-53)35-39-125(111-11,112-12)113-13)43-57-64-58(76(102)98(75(57)101)72(46(3)4)78(104)122-80(83(91,92)93)84(94,95)96)44-62(120-54-31-23-50(24-32-54)36-40-126(114-14,115-15)116-16)68(70(64)67)66-60(42-56(74(97)100)63(55)69(65)66)118-52-27-19-48(20-28-52)34-38-124(108-8,109-9)110-10/h17-32,41-46,71-72,79-80H,33-40H2,1-16H3. The number of halogens is 12. The van der Waals surface area contributed by atoms with Gasteiger partial charge in [0.2, 0.25) is 0 Å². The Morgan fingerprint density at radius 2 is 0.476 bits per heavy atom. The van der Waals surface area contributed by atoms with E-state index in [1.807, 2.05) is 0 Å². The Labute approximate surface area is 718 Å². The van der Waals surface area contributed by atoms with Crippen LogP contribution in [0, 0.1) is 11.8 Å². The highest BCUT2D eigenvalue weighted by Gasteiger charge is 2.63. The molecule has 0 N–H and O–H groups in total. The Balaban J connectivity index is 1.32. The van der Waals surface area contributed by atoms with Crippen molar-refractivity contribution in [1.82, 2.24) is 9.80 Å². The first-order chi connectivity index (χ1) is 59.4. The fraction of sp³-hybridized carbons (Fsp3) is 0.405. The van der Waals surface area contributed by atoms with Crippen LogP contribution < -0.4 is 18.9 Å². The van der Waals surface area contributed by atoms with Crippen LogP contribution in [-0.4, -0.2) is 215 Å². The summed E-state index contributed by atoms with van der Waals surface area (Å²) in [6.07, 6.45) is -33.7. The second-order valence-electron chi connectivity index (χ2n) is 30.0. The van der Waals surface area contributed by atoms with E-state index in [0.717, 1.165) is 52.0 Å². The number of hydrogen-bond acceptors (Lipinski definition) is 24. The molecular weight excluding hydrogens is 1760 g/mol. The second kappa shape index (κ2) is 38.3. The molecule has 26 nitrogen and oxygen atoms in total. The molecule has 2 atom stereocenters. The fourth-order valence-corrected chi connectivity index (χ4v) is 22.4. The number of aryl methyl sites for hydroxylation is 4. The molecule has 2 aliphatic rings. The van der Waals surface area contributed by atoms with Gasteiger partial charge in [0.25, 0.3) is 35.8 Å². The highest BCUT2D eigenvalue weighted by atomic mass is 28.4. The molecule has 9 aromatic rings. The van der Waals surface area contributed by atoms with E-state index in [1.165, 1.54) is 134 Å². The van der Waals surface area contributed by atoms with Gasteiger partial charge in [0.1, 0.15) is 58.1 Å². The molecule has 0 spiro atoms. The number of esters is 2. The summed E-state index contributed by atoms with van der Waals surface area (Å²) in [6.45, 7) is 4.46. The van der Waals surface area contributed by atoms with Gasteiger partial charge in [-0.2, -0.15) is 52.7 Å². The molecule has 0 fully saturated rings. The first kappa shape index (κ1) is 96.9. The van der Waals surface area contributed by atoms with Crippen molar-refractivity contribution in [2.45, 2.75) is 127 Å². The van der Waals surface area contributed by atoms with Gasteiger partial charge >= 0.3 is 71.9 Å². The summed E-state index contributed by atoms with van der Waals surface area (Å²) < 4.78 is 279. The first-order valence-corrected chi connectivity index (χ1v) is 46.6. The maximum Gasteiger partial charge on any atom is 0.500 e. The summed E-state index contributed by atoms with van der Waals surface area (Å²) in [5, 5.41) is -2.36. The zero-order valence-electron chi connectivity index (χ0n) is 70.9. The smallest absolute Gasteiger partial charge is 0.457 e. The monoisotopic (exact) mass is 1850 g/mol. The molecule has 0 aliphatic carbocycles. The van der Waals surface area contributed by atoms with Gasteiger partial charge in [0.15, 0.2) is 0 Å². The first-order valence-electron chi connectivity index (χ1n) is 38.9. The normalized spacial score (nSPS) is 14.5. The quantitative estimate of drug-likeness (QED) is 0.00861. The van der Waals surface area contributed by atoms with E-state index in [9.17, 15) is 62.3 Å².